The first-order chi connectivity index (χ1) is 30.6. The lowest BCUT2D eigenvalue weighted by molar-refractivity contribution is 0.984. The van der Waals surface area contributed by atoms with Gasteiger partial charge < -0.3 is 18.3 Å². The summed E-state index contributed by atoms with van der Waals surface area (Å²) >= 11 is 0. The molecule has 4 nitrogen and oxygen atoms in total. The van der Waals surface area contributed by atoms with Crippen molar-refractivity contribution in [3.8, 4) is 22.3 Å². The Bertz CT molecular complexity index is 3660. The van der Waals surface area contributed by atoms with Gasteiger partial charge in [-0.15, -0.1) is 36.3 Å². The van der Waals surface area contributed by atoms with E-state index in [0.29, 0.717) is 0 Å². The van der Waals surface area contributed by atoms with Crippen LogP contribution in [0.1, 0.15) is 0 Å². The molecule has 0 spiro atoms. The van der Waals surface area contributed by atoms with Crippen LogP contribution in [-0.2, 0) is 25.1 Å². The summed E-state index contributed by atoms with van der Waals surface area (Å²) in [7, 11) is 13.1. The third-order valence-corrected chi connectivity index (χ3v) is 15.4. The highest BCUT2D eigenvalue weighted by Gasteiger charge is 2.16. The summed E-state index contributed by atoms with van der Waals surface area (Å²) in [6, 6.07) is 62.6. The predicted octanol–water partition coefficient (Wildman–Crippen LogP) is 15.7. The highest BCUT2D eigenvalue weighted by molar-refractivity contribution is 8.02. The van der Waals surface area contributed by atoms with Gasteiger partial charge in [-0.1, -0.05) is 132 Å². The van der Waals surface area contributed by atoms with E-state index in [0.717, 1.165) is 41.7 Å². The number of rotatable bonds is 8. The average Bonchev–Trinajstić information content (AvgIpc) is 4.03. The van der Waals surface area contributed by atoms with Gasteiger partial charge in [-0.05, 0) is 76.9 Å². The van der Waals surface area contributed by atoms with Gasteiger partial charge in [0.25, 0.3) is 0 Å². The molecular formula is C52H46N4P6. The van der Waals surface area contributed by atoms with Crippen molar-refractivity contribution in [3.05, 3.63) is 170 Å². The standard InChI is InChI=1S/2C26H23N2P3/c29-15-27-23-7-3-1-5-19(23)21-11-9-18(14-26(21)27)17-10-12-25-22(13-17)20-6-2-4-8-24(20)28(25)16-31-30;29-15-27-23-7-3-1-5-19(23)21-11-9-17(13-25(21)27)18-10-12-22-20-6-2-4-8-24(20)28(16-31-30)26(22)14-18/h2*1-14,31H,15-16,29-30H2. The molecule has 12 rings (SSSR count). The summed E-state index contributed by atoms with van der Waals surface area (Å²) in [5.41, 5.74) is 15.5. The maximum Gasteiger partial charge on any atom is 0.0500 e. The SMILES string of the molecule is PCn1c2ccccc2c2ccc(-c3ccc4c(c3)c3ccccc3n4CPP)cc21.PCn1c2ccccc2c2ccc(-c3ccc4c5ccccc5n(CPP)c4c3)cc21. The second-order valence-corrected chi connectivity index (χ2v) is 20.4. The average molecular weight is 913 g/mol. The first-order valence-electron chi connectivity index (χ1n) is 20.9. The van der Waals surface area contributed by atoms with Crippen LogP contribution in [0.2, 0.25) is 0 Å². The zero-order valence-corrected chi connectivity index (χ0v) is 40.7. The van der Waals surface area contributed by atoms with E-state index in [4.69, 9.17) is 0 Å². The normalized spacial score (nSPS) is 12.3. The third-order valence-electron chi connectivity index (χ3n) is 12.6. The van der Waals surface area contributed by atoms with Gasteiger partial charge in [0.1, 0.15) is 0 Å². The Morgan fingerprint density at radius 3 is 0.984 bits per heavy atom. The Morgan fingerprint density at radius 2 is 0.581 bits per heavy atom. The summed E-state index contributed by atoms with van der Waals surface area (Å²) in [4.78, 5) is 0. The van der Waals surface area contributed by atoms with Crippen molar-refractivity contribution in [1.82, 2.24) is 18.3 Å². The minimum atomic E-state index is 0.795. The quantitative estimate of drug-likeness (QED) is 0.135. The van der Waals surface area contributed by atoms with Crippen LogP contribution in [0.4, 0.5) is 0 Å². The van der Waals surface area contributed by atoms with Crippen molar-refractivity contribution in [3.63, 3.8) is 0 Å². The highest BCUT2D eigenvalue weighted by atomic mass is 32.0. The molecule has 4 aromatic heterocycles. The first-order valence-corrected chi connectivity index (χ1v) is 28.6. The number of aromatic nitrogens is 4. The second-order valence-electron chi connectivity index (χ2n) is 15.8. The van der Waals surface area contributed by atoms with E-state index < -0.39 is 0 Å². The maximum absolute atomic E-state index is 2.90. The molecule has 10 heteroatoms. The molecule has 304 valence electrons. The lowest BCUT2D eigenvalue weighted by Gasteiger charge is -2.08. The van der Waals surface area contributed by atoms with Crippen LogP contribution in [0, 0.1) is 0 Å². The molecule has 6 unspecified atom stereocenters. The zero-order chi connectivity index (χ0) is 41.9. The van der Waals surface area contributed by atoms with E-state index in [1.54, 1.807) is 0 Å². The monoisotopic (exact) mass is 912 g/mol. The van der Waals surface area contributed by atoms with Crippen LogP contribution in [0.3, 0.4) is 0 Å². The first kappa shape index (κ1) is 40.3. The van der Waals surface area contributed by atoms with Crippen molar-refractivity contribution in [2.45, 2.75) is 25.1 Å². The number of para-hydroxylation sites is 4. The molecule has 4 heterocycles. The van der Waals surface area contributed by atoms with E-state index in [2.05, 4.69) is 224 Å². The van der Waals surface area contributed by atoms with Crippen LogP contribution in [-0.4, -0.2) is 18.3 Å². The highest BCUT2D eigenvalue weighted by Crippen LogP contribution is 2.40. The number of benzene rings is 8. The molecule has 0 fully saturated rings. The Balaban J connectivity index is 0.000000139. The molecule has 62 heavy (non-hydrogen) atoms. The number of hydrogen-bond acceptors (Lipinski definition) is 0. The molecule has 0 amide bonds. The minimum absolute atomic E-state index is 0.795. The van der Waals surface area contributed by atoms with Crippen LogP contribution < -0.4 is 0 Å². The van der Waals surface area contributed by atoms with Crippen molar-refractivity contribution in [2.24, 2.45) is 0 Å². The van der Waals surface area contributed by atoms with Gasteiger partial charge in [-0.3, -0.25) is 0 Å². The van der Waals surface area contributed by atoms with Crippen molar-refractivity contribution >= 4 is 140 Å². The molecule has 6 atom stereocenters. The lowest BCUT2D eigenvalue weighted by atomic mass is 10.0. The Hall–Kier alpha value is -4.46. The van der Waals surface area contributed by atoms with Gasteiger partial charge >= 0.3 is 0 Å². The van der Waals surface area contributed by atoms with Crippen molar-refractivity contribution in [1.29, 1.82) is 0 Å². The van der Waals surface area contributed by atoms with Crippen molar-refractivity contribution in [2.75, 3.05) is 0 Å². The van der Waals surface area contributed by atoms with Crippen LogP contribution in [0.25, 0.3) is 109 Å². The summed E-state index contributed by atoms with van der Waals surface area (Å²) < 4.78 is 9.71. The Labute approximate surface area is 373 Å². The van der Waals surface area contributed by atoms with Crippen LogP contribution in [0.5, 0.6) is 0 Å². The topological polar surface area (TPSA) is 19.7 Å². The molecule has 0 bridgehead atoms. The van der Waals surface area contributed by atoms with E-state index in [1.807, 2.05) is 0 Å². The largest absolute Gasteiger partial charge is 0.337 e. The zero-order valence-electron chi connectivity index (χ0n) is 34.1. The van der Waals surface area contributed by atoms with Gasteiger partial charge in [0, 0.05) is 95.8 Å². The molecule has 0 aliphatic carbocycles. The molecule has 0 saturated heterocycles. The molecular weight excluding hydrogens is 866 g/mol. The molecule has 0 saturated carbocycles. The number of hydrogen-bond donors (Lipinski definition) is 0. The maximum atomic E-state index is 2.90. The third kappa shape index (κ3) is 6.66. The molecule has 0 radical (unpaired) electrons. The fraction of sp³-hybridized carbons (Fsp3) is 0.0769. The van der Waals surface area contributed by atoms with E-state index >= 15 is 0 Å². The number of nitrogens with zero attached hydrogens (tertiary/aromatic N) is 4. The summed E-state index contributed by atoms with van der Waals surface area (Å²) in [5, 5.41) is 10.6. The van der Waals surface area contributed by atoms with E-state index in [-0.39, 0.29) is 0 Å². The predicted molar refractivity (Wildman–Crippen MR) is 291 cm³/mol. The molecule has 0 N–H and O–H groups in total. The van der Waals surface area contributed by atoms with Gasteiger partial charge in [0.2, 0.25) is 0 Å². The molecule has 12 aromatic rings. The molecule has 0 aliphatic rings. The molecule has 0 aliphatic heterocycles. The fourth-order valence-electron chi connectivity index (χ4n) is 9.84. The summed E-state index contributed by atoms with van der Waals surface area (Å²) in [6.45, 7) is 0. The smallest absolute Gasteiger partial charge is 0.0500 e. The van der Waals surface area contributed by atoms with Crippen LogP contribution in [0.15, 0.2) is 170 Å². The van der Waals surface area contributed by atoms with Gasteiger partial charge in [0.05, 0.1) is 16.6 Å². The van der Waals surface area contributed by atoms with E-state index in [9.17, 15) is 0 Å². The minimum Gasteiger partial charge on any atom is -0.337 e. The summed E-state index contributed by atoms with van der Waals surface area (Å²) in [6.07, 6.45) is 3.83. The lowest BCUT2D eigenvalue weighted by Crippen LogP contribution is -1.92. The van der Waals surface area contributed by atoms with Crippen molar-refractivity contribution < 1.29 is 0 Å². The number of fused-ring (bicyclic) bond motifs is 12. The van der Waals surface area contributed by atoms with Gasteiger partial charge in [-0.25, -0.2) is 0 Å². The fourth-order valence-corrected chi connectivity index (χ4v) is 12.8. The van der Waals surface area contributed by atoms with E-state index in [1.165, 1.54) is 109 Å². The Morgan fingerprint density at radius 1 is 0.290 bits per heavy atom. The molecule has 8 aromatic carbocycles. The summed E-state index contributed by atoms with van der Waals surface area (Å²) in [5.74, 6) is 0. The van der Waals surface area contributed by atoms with Gasteiger partial charge in [-0.2, -0.15) is 0 Å². The van der Waals surface area contributed by atoms with Crippen LogP contribution >= 0.6 is 52.9 Å². The Kier molecular flexibility index (Phi) is 11.0. The second kappa shape index (κ2) is 16.9. The van der Waals surface area contributed by atoms with Gasteiger partial charge in [0.15, 0.2) is 0 Å².